The van der Waals surface area contributed by atoms with Crippen molar-refractivity contribution in [2.45, 2.75) is 19.5 Å². The van der Waals surface area contributed by atoms with E-state index in [0.29, 0.717) is 5.82 Å². The summed E-state index contributed by atoms with van der Waals surface area (Å²) in [6.45, 7) is 1.83. The third-order valence-corrected chi connectivity index (χ3v) is 2.78. The lowest BCUT2D eigenvalue weighted by Crippen LogP contribution is -2.22. The van der Waals surface area contributed by atoms with Gasteiger partial charge in [0, 0.05) is 13.5 Å². The van der Waals surface area contributed by atoms with Gasteiger partial charge in [-0.2, -0.15) is 0 Å². The van der Waals surface area contributed by atoms with E-state index in [1.807, 2.05) is 31.3 Å². The molecule has 1 unspecified atom stereocenters. The summed E-state index contributed by atoms with van der Waals surface area (Å²) >= 11 is 0. The molecule has 0 radical (unpaired) electrons. The van der Waals surface area contributed by atoms with Crippen molar-refractivity contribution < 1.29 is 13.9 Å². The number of imidazole rings is 1. The van der Waals surface area contributed by atoms with E-state index in [2.05, 4.69) is 9.72 Å². The average molecular weight is 250 g/mol. The second kappa shape index (κ2) is 5.16. The van der Waals surface area contributed by atoms with Gasteiger partial charge in [0.2, 0.25) is 6.17 Å². The van der Waals surface area contributed by atoms with Crippen LogP contribution in [0.25, 0.3) is 11.0 Å². The smallest absolute Gasteiger partial charge is 0.341 e. The SMILES string of the molecule is CCOC(=O)C(F)Cc1nc2ccccc2n1C. The average Bonchev–Trinajstić information content (AvgIpc) is 2.67. The summed E-state index contributed by atoms with van der Waals surface area (Å²) in [6.07, 6.45) is -1.73. The molecule has 0 fully saturated rings. The number of carbonyl (C=O) groups is 1. The van der Waals surface area contributed by atoms with Gasteiger partial charge in [-0.05, 0) is 19.1 Å². The molecule has 2 aromatic rings. The van der Waals surface area contributed by atoms with Crippen LogP contribution in [0.2, 0.25) is 0 Å². The van der Waals surface area contributed by atoms with Gasteiger partial charge in [0.25, 0.3) is 0 Å². The number of alkyl halides is 1. The quantitative estimate of drug-likeness (QED) is 0.780. The molecule has 0 saturated heterocycles. The minimum Gasteiger partial charge on any atom is -0.464 e. The molecule has 0 aliphatic rings. The van der Waals surface area contributed by atoms with Crippen molar-refractivity contribution in [2.75, 3.05) is 6.61 Å². The lowest BCUT2D eigenvalue weighted by atomic mass is 10.2. The second-order valence-corrected chi connectivity index (χ2v) is 4.00. The van der Waals surface area contributed by atoms with E-state index in [-0.39, 0.29) is 13.0 Å². The molecule has 0 N–H and O–H groups in total. The van der Waals surface area contributed by atoms with E-state index >= 15 is 0 Å². The fourth-order valence-corrected chi connectivity index (χ4v) is 1.85. The van der Waals surface area contributed by atoms with Gasteiger partial charge < -0.3 is 9.30 Å². The van der Waals surface area contributed by atoms with Crippen LogP contribution in [0.3, 0.4) is 0 Å². The molecule has 0 aliphatic carbocycles. The lowest BCUT2D eigenvalue weighted by Gasteiger charge is -2.07. The summed E-state index contributed by atoms with van der Waals surface area (Å²) in [6, 6.07) is 7.53. The van der Waals surface area contributed by atoms with Gasteiger partial charge in [0.15, 0.2) is 0 Å². The molecule has 1 heterocycles. The maximum Gasteiger partial charge on any atom is 0.341 e. The normalized spacial score (nSPS) is 12.6. The van der Waals surface area contributed by atoms with Gasteiger partial charge in [-0.25, -0.2) is 14.2 Å². The third-order valence-electron chi connectivity index (χ3n) is 2.78. The molecule has 1 aromatic carbocycles. The zero-order valence-electron chi connectivity index (χ0n) is 10.4. The van der Waals surface area contributed by atoms with Crippen molar-refractivity contribution in [1.82, 2.24) is 9.55 Å². The predicted molar refractivity (Wildman–Crippen MR) is 65.9 cm³/mol. The zero-order valence-corrected chi connectivity index (χ0v) is 10.4. The Balaban J connectivity index is 2.21. The highest BCUT2D eigenvalue weighted by Gasteiger charge is 2.21. The highest BCUT2D eigenvalue weighted by atomic mass is 19.1. The predicted octanol–water partition coefficient (Wildman–Crippen LogP) is 2.02. The molecule has 5 heteroatoms. The van der Waals surface area contributed by atoms with Gasteiger partial charge in [-0.1, -0.05) is 12.1 Å². The van der Waals surface area contributed by atoms with E-state index in [1.165, 1.54) is 0 Å². The van der Waals surface area contributed by atoms with Gasteiger partial charge in [-0.15, -0.1) is 0 Å². The number of ether oxygens (including phenoxy) is 1. The van der Waals surface area contributed by atoms with Gasteiger partial charge >= 0.3 is 5.97 Å². The van der Waals surface area contributed by atoms with Crippen molar-refractivity contribution >= 4 is 17.0 Å². The Morgan fingerprint density at radius 3 is 2.89 bits per heavy atom. The van der Waals surface area contributed by atoms with Crippen LogP contribution < -0.4 is 0 Å². The Kier molecular flexibility index (Phi) is 3.60. The van der Waals surface area contributed by atoms with Gasteiger partial charge in [-0.3, -0.25) is 0 Å². The number of benzene rings is 1. The number of aryl methyl sites for hydroxylation is 1. The molecule has 0 spiro atoms. The molecule has 4 nitrogen and oxygen atoms in total. The monoisotopic (exact) mass is 250 g/mol. The fourth-order valence-electron chi connectivity index (χ4n) is 1.85. The lowest BCUT2D eigenvalue weighted by molar-refractivity contribution is -0.149. The minimum atomic E-state index is -1.67. The summed E-state index contributed by atoms with van der Waals surface area (Å²) in [5.74, 6) is -0.290. The first kappa shape index (κ1) is 12.5. The van der Waals surface area contributed by atoms with E-state index in [4.69, 9.17) is 0 Å². The maximum absolute atomic E-state index is 13.6. The van der Waals surface area contributed by atoms with Crippen LogP contribution in [0.1, 0.15) is 12.7 Å². The first-order chi connectivity index (χ1) is 8.63. The van der Waals surface area contributed by atoms with Crippen LogP contribution >= 0.6 is 0 Å². The molecule has 0 bridgehead atoms. The Hall–Kier alpha value is -1.91. The Labute approximate surface area is 104 Å². The number of para-hydroxylation sites is 2. The Morgan fingerprint density at radius 1 is 1.50 bits per heavy atom. The topological polar surface area (TPSA) is 44.1 Å². The van der Waals surface area contributed by atoms with Crippen LogP contribution in [0.15, 0.2) is 24.3 Å². The number of esters is 1. The van der Waals surface area contributed by atoms with Crippen molar-refractivity contribution in [1.29, 1.82) is 0 Å². The number of hydrogen-bond acceptors (Lipinski definition) is 3. The van der Waals surface area contributed by atoms with Crippen LogP contribution in [0, 0.1) is 0 Å². The van der Waals surface area contributed by atoms with Gasteiger partial charge in [0.1, 0.15) is 5.82 Å². The first-order valence-corrected chi connectivity index (χ1v) is 5.84. The summed E-state index contributed by atoms with van der Waals surface area (Å²) in [7, 11) is 1.81. The molecule has 2 rings (SSSR count). The van der Waals surface area contributed by atoms with Crippen molar-refractivity contribution in [3.63, 3.8) is 0 Å². The van der Waals surface area contributed by atoms with E-state index in [0.717, 1.165) is 11.0 Å². The van der Waals surface area contributed by atoms with E-state index in [1.54, 1.807) is 11.5 Å². The van der Waals surface area contributed by atoms with E-state index in [9.17, 15) is 9.18 Å². The number of hydrogen-bond donors (Lipinski definition) is 0. The van der Waals surface area contributed by atoms with Crippen LogP contribution in [0.4, 0.5) is 4.39 Å². The minimum absolute atomic E-state index is 0.0655. The maximum atomic E-state index is 13.6. The van der Waals surface area contributed by atoms with Crippen LogP contribution in [0.5, 0.6) is 0 Å². The van der Waals surface area contributed by atoms with E-state index < -0.39 is 12.1 Å². The number of halogens is 1. The molecule has 0 aliphatic heterocycles. The number of fused-ring (bicyclic) bond motifs is 1. The Morgan fingerprint density at radius 2 is 2.22 bits per heavy atom. The van der Waals surface area contributed by atoms with Gasteiger partial charge in [0.05, 0.1) is 17.6 Å². The highest BCUT2D eigenvalue weighted by molar-refractivity contribution is 5.77. The molecule has 1 aromatic heterocycles. The summed E-state index contributed by atoms with van der Waals surface area (Å²) in [4.78, 5) is 15.5. The number of aromatic nitrogens is 2. The molecule has 0 saturated carbocycles. The molecular weight excluding hydrogens is 235 g/mol. The standard InChI is InChI=1S/C13H15FN2O2/c1-3-18-13(17)9(14)8-12-15-10-6-4-5-7-11(10)16(12)2/h4-7,9H,3,8H2,1-2H3. The van der Waals surface area contributed by atoms with Crippen LogP contribution in [-0.4, -0.2) is 28.3 Å². The summed E-state index contributed by atoms with van der Waals surface area (Å²) in [5.41, 5.74) is 1.72. The number of carbonyl (C=O) groups excluding carboxylic acids is 1. The van der Waals surface area contributed by atoms with Crippen molar-refractivity contribution in [2.24, 2.45) is 7.05 Å². The fraction of sp³-hybridized carbons (Fsp3) is 0.385. The molecule has 96 valence electrons. The molecular formula is C13H15FN2O2. The largest absolute Gasteiger partial charge is 0.464 e. The first-order valence-electron chi connectivity index (χ1n) is 5.84. The molecule has 1 atom stereocenters. The highest BCUT2D eigenvalue weighted by Crippen LogP contribution is 2.16. The molecule has 0 amide bonds. The van der Waals surface area contributed by atoms with Crippen molar-refractivity contribution in [3.05, 3.63) is 30.1 Å². The number of rotatable bonds is 4. The second-order valence-electron chi connectivity index (χ2n) is 4.00. The zero-order chi connectivity index (χ0) is 13.1. The van der Waals surface area contributed by atoms with Crippen molar-refractivity contribution in [3.8, 4) is 0 Å². The third kappa shape index (κ3) is 2.34. The summed E-state index contributed by atoms with van der Waals surface area (Å²) < 4.78 is 20.1. The van der Waals surface area contributed by atoms with Crippen LogP contribution in [-0.2, 0) is 23.0 Å². The Bertz CT molecular complexity index is 565. The summed E-state index contributed by atoms with van der Waals surface area (Å²) in [5, 5.41) is 0. The number of nitrogens with zero attached hydrogens (tertiary/aromatic N) is 2. The molecule has 18 heavy (non-hydrogen) atoms.